The third kappa shape index (κ3) is 4.74. The van der Waals surface area contributed by atoms with Gasteiger partial charge in [-0.15, -0.1) is 0 Å². The summed E-state index contributed by atoms with van der Waals surface area (Å²) in [6.45, 7) is -0.402. The van der Waals surface area contributed by atoms with Crippen LogP contribution in [0.4, 0.5) is 13.2 Å². The SMILES string of the molecule is O=c1n(Cc2ccco2)c2nc(-c3ccccc3)cc(C(F)(F)F)c2n1Cc1cc(-c2ccc(Cl)cc2)no1. The second-order valence-electron chi connectivity index (χ2n) is 8.81. The molecule has 0 atom stereocenters. The number of fused-ring (bicyclic) bond motifs is 1. The average Bonchev–Trinajstić information content (AvgIpc) is 3.67. The third-order valence-corrected chi connectivity index (χ3v) is 6.50. The lowest BCUT2D eigenvalue weighted by molar-refractivity contribution is -0.136. The minimum atomic E-state index is -4.77. The molecular formula is C28H18ClF3N4O3. The Bertz CT molecular complexity index is 1820. The van der Waals surface area contributed by atoms with Crippen LogP contribution in [0.15, 0.2) is 98.9 Å². The Morgan fingerprint density at radius 1 is 0.821 bits per heavy atom. The van der Waals surface area contributed by atoms with Gasteiger partial charge in [0.25, 0.3) is 0 Å². The van der Waals surface area contributed by atoms with Crippen LogP contribution in [0.5, 0.6) is 0 Å². The number of rotatable bonds is 6. The summed E-state index contributed by atoms with van der Waals surface area (Å²) in [5.41, 5.74) is -0.441. The van der Waals surface area contributed by atoms with E-state index in [-0.39, 0.29) is 35.7 Å². The summed E-state index contributed by atoms with van der Waals surface area (Å²) in [6, 6.07) is 21.1. The van der Waals surface area contributed by atoms with Gasteiger partial charge in [0.1, 0.15) is 17.0 Å². The van der Waals surface area contributed by atoms with E-state index in [1.807, 2.05) is 0 Å². The fraction of sp³-hybridized carbons (Fsp3) is 0.107. The van der Waals surface area contributed by atoms with Crippen molar-refractivity contribution in [3.8, 4) is 22.5 Å². The molecule has 0 N–H and O–H groups in total. The van der Waals surface area contributed by atoms with Crippen molar-refractivity contribution in [2.24, 2.45) is 0 Å². The van der Waals surface area contributed by atoms with Gasteiger partial charge in [0.2, 0.25) is 0 Å². The fourth-order valence-electron chi connectivity index (χ4n) is 4.43. The number of hydrogen-bond acceptors (Lipinski definition) is 5. The number of pyridine rings is 1. The van der Waals surface area contributed by atoms with Crippen molar-refractivity contribution < 1.29 is 22.1 Å². The zero-order valence-corrected chi connectivity index (χ0v) is 20.8. The quantitative estimate of drug-likeness (QED) is 0.226. The molecule has 0 amide bonds. The van der Waals surface area contributed by atoms with Crippen molar-refractivity contribution in [2.75, 3.05) is 0 Å². The van der Waals surface area contributed by atoms with Gasteiger partial charge < -0.3 is 8.94 Å². The number of benzene rings is 2. The van der Waals surface area contributed by atoms with Gasteiger partial charge in [-0.3, -0.25) is 9.13 Å². The molecule has 0 bridgehead atoms. The van der Waals surface area contributed by atoms with E-state index in [0.29, 0.717) is 27.6 Å². The Morgan fingerprint density at radius 2 is 1.54 bits per heavy atom. The molecule has 0 aliphatic carbocycles. The molecule has 196 valence electrons. The Labute approximate surface area is 223 Å². The lowest BCUT2D eigenvalue weighted by Crippen LogP contribution is -2.25. The Balaban J connectivity index is 1.54. The number of furan rings is 1. The van der Waals surface area contributed by atoms with Crippen LogP contribution < -0.4 is 5.69 Å². The van der Waals surface area contributed by atoms with Crippen LogP contribution in [0, 0.1) is 0 Å². The van der Waals surface area contributed by atoms with E-state index >= 15 is 0 Å². The van der Waals surface area contributed by atoms with Gasteiger partial charge in [0, 0.05) is 22.2 Å². The van der Waals surface area contributed by atoms with Crippen molar-refractivity contribution in [1.29, 1.82) is 0 Å². The Morgan fingerprint density at radius 3 is 2.23 bits per heavy atom. The van der Waals surface area contributed by atoms with Gasteiger partial charge in [-0.1, -0.05) is 59.2 Å². The van der Waals surface area contributed by atoms with Crippen LogP contribution in [0.25, 0.3) is 33.7 Å². The third-order valence-electron chi connectivity index (χ3n) is 6.24. The van der Waals surface area contributed by atoms with Crippen molar-refractivity contribution in [1.82, 2.24) is 19.3 Å². The van der Waals surface area contributed by atoms with E-state index in [4.69, 9.17) is 20.5 Å². The molecular weight excluding hydrogens is 533 g/mol. The van der Waals surface area contributed by atoms with Crippen LogP contribution in [0.1, 0.15) is 17.1 Å². The van der Waals surface area contributed by atoms with Crippen LogP contribution in [0.3, 0.4) is 0 Å². The highest BCUT2D eigenvalue weighted by Crippen LogP contribution is 2.37. The van der Waals surface area contributed by atoms with Crippen LogP contribution in [-0.4, -0.2) is 19.3 Å². The molecule has 4 aromatic heterocycles. The van der Waals surface area contributed by atoms with E-state index in [9.17, 15) is 18.0 Å². The first-order valence-corrected chi connectivity index (χ1v) is 12.2. The van der Waals surface area contributed by atoms with Crippen molar-refractivity contribution in [2.45, 2.75) is 19.3 Å². The topological polar surface area (TPSA) is 79.0 Å². The number of imidazole rings is 1. The maximum absolute atomic E-state index is 14.5. The number of alkyl halides is 3. The molecule has 4 heterocycles. The molecule has 0 unspecified atom stereocenters. The lowest BCUT2D eigenvalue weighted by atomic mass is 10.1. The van der Waals surface area contributed by atoms with Gasteiger partial charge in [-0.25, -0.2) is 9.78 Å². The van der Waals surface area contributed by atoms with E-state index in [1.54, 1.807) is 72.8 Å². The molecule has 0 aliphatic heterocycles. The molecule has 11 heteroatoms. The summed E-state index contributed by atoms with van der Waals surface area (Å²) in [5.74, 6) is 0.584. The number of aromatic nitrogens is 4. The molecule has 0 radical (unpaired) electrons. The fourth-order valence-corrected chi connectivity index (χ4v) is 4.56. The lowest BCUT2D eigenvalue weighted by Gasteiger charge is -2.12. The monoisotopic (exact) mass is 550 g/mol. The summed E-state index contributed by atoms with van der Waals surface area (Å²) >= 11 is 5.95. The largest absolute Gasteiger partial charge is 0.467 e. The second kappa shape index (κ2) is 9.63. The summed E-state index contributed by atoms with van der Waals surface area (Å²) in [7, 11) is 0. The molecule has 7 nitrogen and oxygen atoms in total. The first-order valence-electron chi connectivity index (χ1n) is 11.8. The average molecular weight is 551 g/mol. The van der Waals surface area contributed by atoms with E-state index < -0.39 is 17.4 Å². The summed E-state index contributed by atoms with van der Waals surface area (Å²) in [4.78, 5) is 18.2. The van der Waals surface area contributed by atoms with Gasteiger partial charge in [0.15, 0.2) is 11.4 Å². The predicted octanol–water partition coefficient (Wildman–Crippen LogP) is 6.88. The number of halogens is 4. The number of nitrogens with zero attached hydrogens (tertiary/aromatic N) is 4. The smallest absolute Gasteiger partial charge is 0.418 e. The zero-order valence-electron chi connectivity index (χ0n) is 20.0. The maximum Gasteiger partial charge on any atom is 0.418 e. The molecule has 39 heavy (non-hydrogen) atoms. The highest BCUT2D eigenvalue weighted by molar-refractivity contribution is 6.30. The van der Waals surface area contributed by atoms with Gasteiger partial charge >= 0.3 is 11.9 Å². The molecule has 0 saturated carbocycles. The molecule has 0 saturated heterocycles. The summed E-state index contributed by atoms with van der Waals surface area (Å²) in [6.07, 6.45) is -3.35. The van der Waals surface area contributed by atoms with Crippen LogP contribution in [0.2, 0.25) is 5.02 Å². The van der Waals surface area contributed by atoms with E-state index in [1.165, 1.54) is 10.8 Å². The minimum absolute atomic E-state index is 0.0884. The van der Waals surface area contributed by atoms with Crippen LogP contribution in [-0.2, 0) is 19.3 Å². The van der Waals surface area contributed by atoms with Crippen molar-refractivity contribution in [3.63, 3.8) is 0 Å². The molecule has 6 rings (SSSR count). The number of hydrogen-bond donors (Lipinski definition) is 0. The first-order chi connectivity index (χ1) is 18.8. The van der Waals surface area contributed by atoms with Gasteiger partial charge in [-0.2, -0.15) is 13.2 Å². The maximum atomic E-state index is 14.5. The van der Waals surface area contributed by atoms with Crippen LogP contribution >= 0.6 is 11.6 Å². The van der Waals surface area contributed by atoms with Crippen molar-refractivity contribution in [3.05, 3.63) is 118 Å². The van der Waals surface area contributed by atoms with Crippen molar-refractivity contribution >= 4 is 22.8 Å². The van der Waals surface area contributed by atoms with E-state index in [2.05, 4.69) is 10.1 Å². The summed E-state index contributed by atoms with van der Waals surface area (Å²) in [5, 5.41) is 4.56. The van der Waals surface area contributed by atoms with E-state index in [0.717, 1.165) is 10.6 Å². The standard InChI is InChI=1S/C28H18ClF3N4O3/c29-19-10-8-18(9-11-19)24-13-21(39-34-24)16-35-25-22(28(30,31)32)14-23(17-5-2-1-3-6-17)33-26(25)36(27(35)37)15-20-7-4-12-38-20/h1-14H,15-16H2. The molecule has 0 fully saturated rings. The highest BCUT2D eigenvalue weighted by atomic mass is 35.5. The minimum Gasteiger partial charge on any atom is -0.467 e. The predicted molar refractivity (Wildman–Crippen MR) is 138 cm³/mol. The zero-order chi connectivity index (χ0) is 27.1. The summed E-state index contributed by atoms with van der Waals surface area (Å²) < 4.78 is 56.5. The molecule has 2 aromatic carbocycles. The van der Waals surface area contributed by atoms with Gasteiger partial charge in [-0.05, 0) is 30.3 Å². The first kappa shape index (κ1) is 24.7. The normalized spacial score (nSPS) is 11.9. The van der Waals surface area contributed by atoms with Gasteiger partial charge in [0.05, 0.1) is 30.6 Å². The Hall–Kier alpha value is -4.57. The molecule has 0 spiro atoms. The highest BCUT2D eigenvalue weighted by Gasteiger charge is 2.37. The molecule has 0 aliphatic rings. The Kier molecular flexibility index (Phi) is 6.11. The molecule has 6 aromatic rings. The second-order valence-corrected chi connectivity index (χ2v) is 9.25.